The molecular weight excluding hydrogens is 378 g/mol. The Bertz CT molecular complexity index is 1110. The van der Waals surface area contributed by atoms with Gasteiger partial charge in [-0.15, -0.1) is 0 Å². The normalized spacial score (nSPS) is 13.7. The van der Waals surface area contributed by atoms with Crippen molar-refractivity contribution in [3.05, 3.63) is 82.8 Å². The van der Waals surface area contributed by atoms with E-state index in [4.69, 9.17) is 4.98 Å². The lowest BCUT2D eigenvalue weighted by Gasteiger charge is -2.22. The summed E-state index contributed by atoms with van der Waals surface area (Å²) in [5.41, 5.74) is 4.36. The Morgan fingerprint density at radius 1 is 1.07 bits per heavy atom. The molecular formula is C24H23N3OS. The number of aryl methyl sites for hydroxylation is 1. The number of aromatic nitrogens is 2. The maximum Gasteiger partial charge on any atom is 0.223 e. The summed E-state index contributed by atoms with van der Waals surface area (Å²) in [6.07, 6.45) is 3.36. The number of carbonyl (C=O) groups excluding carboxylic acids is 1. The van der Waals surface area contributed by atoms with E-state index in [2.05, 4.69) is 44.5 Å². The number of hydrogen-bond acceptors (Lipinski definition) is 3. The zero-order valence-corrected chi connectivity index (χ0v) is 17.0. The summed E-state index contributed by atoms with van der Waals surface area (Å²) < 4.78 is 2.18. The highest BCUT2D eigenvalue weighted by atomic mass is 32.1. The zero-order chi connectivity index (χ0) is 19.6. The second-order valence-corrected chi connectivity index (χ2v) is 8.35. The number of thiophene rings is 1. The van der Waals surface area contributed by atoms with Gasteiger partial charge in [-0.25, -0.2) is 4.98 Å². The molecule has 1 saturated carbocycles. The summed E-state index contributed by atoms with van der Waals surface area (Å²) in [6.45, 7) is 0.724. The number of imidazole rings is 1. The number of benzene rings is 2. The topological polar surface area (TPSA) is 38.1 Å². The lowest BCUT2D eigenvalue weighted by atomic mass is 10.2. The summed E-state index contributed by atoms with van der Waals surface area (Å²) in [7, 11) is 0. The van der Waals surface area contributed by atoms with E-state index in [-0.39, 0.29) is 5.91 Å². The first-order valence-electron chi connectivity index (χ1n) is 10.1. The fourth-order valence-electron chi connectivity index (χ4n) is 3.86. The molecule has 0 N–H and O–H groups in total. The molecule has 1 amide bonds. The van der Waals surface area contributed by atoms with Crippen LogP contribution in [-0.2, 0) is 17.8 Å². The molecule has 0 aliphatic heterocycles. The van der Waals surface area contributed by atoms with Crippen molar-refractivity contribution in [2.45, 2.75) is 38.3 Å². The zero-order valence-electron chi connectivity index (χ0n) is 16.2. The van der Waals surface area contributed by atoms with Gasteiger partial charge in [0.15, 0.2) is 0 Å². The number of nitrogens with zero attached hydrogens (tertiary/aromatic N) is 3. The molecule has 146 valence electrons. The summed E-state index contributed by atoms with van der Waals surface area (Å²) in [5, 5.41) is 4.21. The van der Waals surface area contributed by atoms with Crippen LogP contribution in [-0.4, -0.2) is 26.4 Å². The largest absolute Gasteiger partial charge is 0.335 e. The molecule has 0 unspecified atom stereocenters. The maximum absolute atomic E-state index is 13.1. The Morgan fingerprint density at radius 3 is 2.62 bits per heavy atom. The number of hydrogen-bond donors (Lipinski definition) is 0. The molecule has 5 heteroatoms. The van der Waals surface area contributed by atoms with Gasteiger partial charge in [-0.05, 0) is 59.5 Å². The quantitative estimate of drug-likeness (QED) is 0.426. The van der Waals surface area contributed by atoms with Crippen LogP contribution in [0.3, 0.4) is 0 Å². The summed E-state index contributed by atoms with van der Waals surface area (Å²) in [6, 6.07) is 21.0. The average molecular weight is 402 g/mol. The minimum atomic E-state index is 0.227. The van der Waals surface area contributed by atoms with Crippen molar-refractivity contribution < 1.29 is 4.79 Å². The fourth-order valence-corrected chi connectivity index (χ4v) is 4.52. The smallest absolute Gasteiger partial charge is 0.223 e. The first kappa shape index (κ1) is 18.1. The van der Waals surface area contributed by atoms with Gasteiger partial charge in [0.25, 0.3) is 0 Å². The van der Waals surface area contributed by atoms with Crippen LogP contribution in [0.2, 0.25) is 0 Å². The Labute approximate surface area is 174 Å². The highest BCUT2D eigenvalue weighted by Gasteiger charge is 2.32. The van der Waals surface area contributed by atoms with Crippen LogP contribution in [0.25, 0.3) is 16.7 Å². The molecule has 0 atom stereocenters. The van der Waals surface area contributed by atoms with E-state index in [0.29, 0.717) is 18.9 Å². The molecule has 1 fully saturated rings. The van der Waals surface area contributed by atoms with Crippen molar-refractivity contribution in [2.75, 3.05) is 0 Å². The summed E-state index contributed by atoms with van der Waals surface area (Å²) in [4.78, 5) is 20.0. The Kier molecular flexibility index (Phi) is 4.90. The molecule has 0 saturated heterocycles. The van der Waals surface area contributed by atoms with Gasteiger partial charge in [0.05, 0.1) is 11.0 Å². The van der Waals surface area contributed by atoms with E-state index in [1.807, 2.05) is 36.4 Å². The summed E-state index contributed by atoms with van der Waals surface area (Å²) in [5.74, 6) is 1.17. The van der Waals surface area contributed by atoms with Crippen molar-refractivity contribution in [1.29, 1.82) is 0 Å². The Morgan fingerprint density at radius 2 is 1.86 bits per heavy atom. The molecule has 1 aliphatic rings. The van der Waals surface area contributed by atoms with Crippen LogP contribution in [0.15, 0.2) is 71.4 Å². The lowest BCUT2D eigenvalue weighted by Crippen LogP contribution is -2.32. The number of fused-ring (bicyclic) bond motifs is 1. The van der Waals surface area contributed by atoms with Gasteiger partial charge in [0.1, 0.15) is 5.82 Å². The van der Waals surface area contributed by atoms with Crippen molar-refractivity contribution >= 4 is 28.3 Å². The average Bonchev–Trinajstić information content (AvgIpc) is 3.33. The Balaban J connectivity index is 1.39. The first-order valence-corrected chi connectivity index (χ1v) is 11.1. The predicted octanol–water partition coefficient (Wildman–Crippen LogP) is 5.21. The standard InChI is InChI=1S/C24H23N3OS/c28-24(26(19-10-11-19)16-18-14-15-29-17-18)13-12-23-25-21-8-4-5-9-22(21)27(23)20-6-2-1-3-7-20/h1-9,14-15,17,19H,10-13,16H2. The van der Waals surface area contributed by atoms with E-state index >= 15 is 0 Å². The molecule has 0 bridgehead atoms. The van der Waals surface area contributed by atoms with Crippen molar-refractivity contribution in [3.63, 3.8) is 0 Å². The number of para-hydroxylation sites is 3. The SMILES string of the molecule is O=C(CCc1nc2ccccc2n1-c1ccccc1)N(Cc1ccsc1)C1CC1. The van der Waals surface area contributed by atoms with Crippen LogP contribution in [0.4, 0.5) is 0 Å². The third kappa shape index (κ3) is 3.83. The second kappa shape index (κ2) is 7.84. The first-order chi connectivity index (χ1) is 14.3. The van der Waals surface area contributed by atoms with Crippen molar-refractivity contribution in [3.8, 4) is 5.69 Å². The van der Waals surface area contributed by atoms with E-state index < -0.39 is 0 Å². The van der Waals surface area contributed by atoms with E-state index in [0.717, 1.165) is 41.9 Å². The second-order valence-electron chi connectivity index (χ2n) is 7.57. The van der Waals surface area contributed by atoms with Gasteiger partial charge in [0.2, 0.25) is 5.91 Å². The van der Waals surface area contributed by atoms with Crippen molar-refractivity contribution in [1.82, 2.24) is 14.5 Å². The van der Waals surface area contributed by atoms with E-state index in [9.17, 15) is 4.79 Å². The highest BCUT2D eigenvalue weighted by Crippen LogP contribution is 2.30. The lowest BCUT2D eigenvalue weighted by molar-refractivity contribution is -0.132. The molecule has 0 spiro atoms. The highest BCUT2D eigenvalue weighted by molar-refractivity contribution is 7.07. The van der Waals surface area contributed by atoms with Gasteiger partial charge in [0, 0.05) is 31.1 Å². The molecule has 2 aromatic heterocycles. The minimum Gasteiger partial charge on any atom is -0.335 e. The maximum atomic E-state index is 13.1. The molecule has 2 heterocycles. The fraction of sp³-hybridized carbons (Fsp3) is 0.250. The van der Waals surface area contributed by atoms with Gasteiger partial charge >= 0.3 is 0 Å². The third-order valence-electron chi connectivity index (χ3n) is 5.45. The third-order valence-corrected chi connectivity index (χ3v) is 6.18. The molecule has 29 heavy (non-hydrogen) atoms. The van der Waals surface area contributed by atoms with Crippen LogP contribution in [0, 0.1) is 0 Å². The molecule has 4 nitrogen and oxygen atoms in total. The van der Waals surface area contributed by atoms with Crippen LogP contribution < -0.4 is 0 Å². The summed E-state index contributed by atoms with van der Waals surface area (Å²) >= 11 is 1.69. The minimum absolute atomic E-state index is 0.227. The van der Waals surface area contributed by atoms with E-state index in [1.165, 1.54) is 5.56 Å². The molecule has 2 aromatic carbocycles. The van der Waals surface area contributed by atoms with Gasteiger partial charge in [-0.1, -0.05) is 30.3 Å². The molecule has 0 radical (unpaired) electrons. The van der Waals surface area contributed by atoms with Gasteiger partial charge < -0.3 is 4.90 Å². The number of rotatable bonds is 7. The Hall–Kier alpha value is -2.92. The number of amides is 1. The van der Waals surface area contributed by atoms with Crippen LogP contribution in [0.1, 0.15) is 30.7 Å². The predicted molar refractivity (Wildman–Crippen MR) is 117 cm³/mol. The van der Waals surface area contributed by atoms with Gasteiger partial charge in [-0.3, -0.25) is 9.36 Å². The van der Waals surface area contributed by atoms with Crippen LogP contribution >= 0.6 is 11.3 Å². The number of carbonyl (C=O) groups is 1. The van der Waals surface area contributed by atoms with Crippen LogP contribution in [0.5, 0.6) is 0 Å². The molecule has 1 aliphatic carbocycles. The monoisotopic (exact) mass is 401 g/mol. The van der Waals surface area contributed by atoms with Gasteiger partial charge in [-0.2, -0.15) is 11.3 Å². The molecule has 5 rings (SSSR count). The van der Waals surface area contributed by atoms with E-state index in [1.54, 1.807) is 11.3 Å². The molecule has 4 aromatic rings. The van der Waals surface area contributed by atoms with Crippen molar-refractivity contribution in [2.24, 2.45) is 0 Å².